The smallest absolute Gasteiger partial charge is 0.227 e. The van der Waals surface area contributed by atoms with Gasteiger partial charge in [0.1, 0.15) is 0 Å². The van der Waals surface area contributed by atoms with E-state index in [-0.39, 0.29) is 24.9 Å². The predicted molar refractivity (Wildman–Crippen MR) is 131 cm³/mol. The lowest BCUT2D eigenvalue weighted by molar-refractivity contribution is -0.136. The van der Waals surface area contributed by atoms with Crippen LogP contribution in [0.4, 0.5) is 0 Å². The minimum Gasteiger partial charge on any atom is -0.396 e. The van der Waals surface area contributed by atoms with Crippen molar-refractivity contribution in [2.75, 3.05) is 33.3 Å². The van der Waals surface area contributed by atoms with Crippen molar-refractivity contribution >= 4 is 41.5 Å². The largest absolute Gasteiger partial charge is 0.396 e. The summed E-state index contributed by atoms with van der Waals surface area (Å²) in [7, 11) is 2.03. The molecule has 1 unspecified atom stereocenters. The third-order valence-corrected chi connectivity index (χ3v) is 6.94. The SMILES string of the molecule is CC(C)c1cccc(CC(=O)N2CCN(C)C(CCO)(c3ccc(Cl)c(Cl)c3)C2)c1.Cl. The number of amides is 1. The molecule has 1 saturated heterocycles. The molecule has 4 nitrogen and oxygen atoms in total. The van der Waals surface area contributed by atoms with Gasteiger partial charge in [0.25, 0.3) is 0 Å². The molecule has 0 bridgehead atoms. The van der Waals surface area contributed by atoms with E-state index >= 15 is 0 Å². The average molecular weight is 486 g/mol. The first-order valence-electron chi connectivity index (χ1n) is 10.4. The Balaban J connectivity index is 0.00000341. The van der Waals surface area contributed by atoms with Crippen molar-refractivity contribution in [3.8, 4) is 0 Å². The van der Waals surface area contributed by atoms with Crippen molar-refractivity contribution in [3.05, 3.63) is 69.2 Å². The van der Waals surface area contributed by atoms with Crippen molar-refractivity contribution in [3.63, 3.8) is 0 Å². The van der Waals surface area contributed by atoms with Crippen molar-refractivity contribution in [1.82, 2.24) is 9.80 Å². The highest BCUT2D eigenvalue weighted by Gasteiger charge is 2.42. The number of likely N-dealkylation sites (N-methyl/N-ethyl adjacent to an activating group) is 1. The predicted octanol–water partition coefficient (Wildman–Crippen LogP) is 5.13. The van der Waals surface area contributed by atoms with Gasteiger partial charge in [0, 0.05) is 26.2 Å². The first-order valence-corrected chi connectivity index (χ1v) is 11.2. The number of aliphatic hydroxyl groups is 1. The number of hydrogen-bond acceptors (Lipinski definition) is 3. The molecule has 1 fully saturated rings. The Labute approximate surface area is 201 Å². The highest BCUT2D eigenvalue weighted by Crippen LogP contribution is 2.37. The summed E-state index contributed by atoms with van der Waals surface area (Å²) in [5.74, 6) is 0.530. The number of hydrogen-bond donors (Lipinski definition) is 1. The van der Waals surface area contributed by atoms with Gasteiger partial charge in [-0.05, 0) is 48.2 Å². The van der Waals surface area contributed by atoms with Crippen molar-refractivity contribution in [2.45, 2.75) is 38.1 Å². The molecule has 2 aromatic rings. The second-order valence-electron chi connectivity index (χ2n) is 8.45. The Morgan fingerprint density at radius 1 is 1.13 bits per heavy atom. The molecule has 31 heavy (non-hydrogen) atoms. The molecule has 1 aliphatic heterocycles. The number of nitrogens with zero attached hydrogens (tertiary/aromatic N) is 2. The molecule has 0 aliphatic carbocycles. The molecule has 1 atom stereocenters. The summed E-state index contributed by atoms with van der Waals surface area (Å²) in [6.45, 7) is 6.21. The number of rotatable bonds is 6. The summed E-state index contributed by atoms with van der Waals surface area (Å²) < 4.78 is 0. The quantitative estimate of drug-likeness (QED) is 0.616. The van der Waals surface area contributed by atoms with Crippen LogP contribution in [0.1, 0.15) is 42.9 Å². The highest BCUT2D eigenvalue weighted by atomic mass is 35.5. The Kier molecular flexibility index (Phi) is 9.23. The van der Waals surface area contributed by atoms with Gasteiger partial charge in [0.05, 0.1) is 22.0 Å². The van der Waals surface area contributed by atoms with E-state index in [1.807, 2.05) is 36.2 Å². The molecule has 0 radical (unpaired) electrons. The van der Waals surface area contributed by atoms with Crippen molar-refractivity contribution in [2.24, 2.45) is 0 Å². The fourth-order valence-electron chi connectivity index (χ4n) is 4.26. The van der Waals surface area contributed by atoms with Gasteiger partial charge in [-0.1, -0.05) is 67.4 Å². The maximum absolute atomic E-state index is 13.2. The molecule has 0 spiro atoms. The highest BCUT2D eigenvalue weighted by molar-refractivity contribution is 6.42. The van der Waals surface area contributed by atoms with E-state index in [2.05, 4.69) is 30.9 Å². The summed E-state index contributed by atoms with van der Waals surface area (Å²) in [5.41, 5.74) is 2.74. The lowest BCUT2D eigenvalue weighted by Crippen LogP contribution is -2.60. The number of aliphatic hydroxyl groups excluding tert-OH is 1. The van der Waals surface area contributed by atoms with Crippen LogP contribution in [-0.2, 0) is 16.8 Å². The molecular formula is C24H31Cl3N2O2. The normalized spacial score (nSPS) is 19.4. The number of carbonyl (C=O) groups excluding carboxylic acids is 1. The van der Waals surface area contributed by atoms with Gasteiger partial charge in [-0.15, -0.1) is 12.4 Å². The number of halogens is 3. The third kappa shape index (κ3) is 5.74. The molecule has 1 heterocycles. The van der Waals surface area contributed by atoms with Crippen molar-refractivity contribution in [1.29, 1.82) is 0 Å². The summed E-state index contributed by atoms with van der Waals surface area (Å²) in [5, 5.41) is 10.8. The first-order chi connectivity index (χ1) is 14.3. The van der Waals surface area contributed by atoms with E-state index in [9.17, 15) is 9.90 Å². The van der Waals surface area contributed by atoms with E-state index in [1.165, 1.54) is 5.56 Å². The Bertz CT molecular complexity index is 906. The summed E-state index contributed by atoms with van der Waals surface area (Å²) in [6, 6.07) is 13.8. The van der Waals surface area contributed by atoms with Crippen LogP contribution in [0.3, 0.4) is 0 Å². The topological polar surface area (TPSA) is 43.8 Å². The zero-order chi connectivity index (χ0) is 21.9. The van der Waals surface area contributed by atoms with Gasteiger partial charge >= 0.3 is 0 Å². The molecule has 0 saturated carbocycles. The maximum Gasteiger partial charge on any atom is 0.227 e. The minimum absolute atomic E-state index is 0. The summed E-state index contributed by atoms with van der Waals surface area (Å²) in [4.78, 5) is 17.3. The third-order valence-electron chi connectivity index (χ3n) is 6.20. The molecule has 0 aromatic heterocycles. The lowest BCUT2D eigenvalue weighted by Gasteiger charge is -2.50. The standard InChI is InChI=1S/C24H30Cl2N2O2.ClH/c1-17(2)19-6-4-5-18(13-19)14-23(30)28-11-10-27(3)24(16-28,9-12-29)20-7-8-21(25)22(26)15-20;/h4-8,13,15,17,29H,9-12,14,16H2,1-3H3;1H. The van der Waals surface area contributed by atoms with Gasteiger partial charge in [-0.3, -0.25) is 9.69 Å². The second-order valence-corrected chi connectivity index (χ2v) is 9.26. The van der Waals surface area contributed by atoms with Crippen LogP contribution in [-0.4, -0.2) is 54.1 Å². The van der Waals surface area contributed by atoms with Crippen LogP contribution in [0.25, 0.3) is 0 Å². The molecule has 1 aliphatic rings. The van der Waals surface area contributed by atoms with Crippen LogP contribution in [0.2, 0.25) is 10.0 Å². The van der Waals surface area contributed by atoms with E-state index in [0.29, 0.717) is 41.9 Å². The zero-order valence-electron chi connectivity index (χ0n) is 18.3. The van der Waals surface area contributed by atoms with Gasteiger partial charge in [-0.2, -0.15) is 0 Å². The summed E-state index contributed by atoms with van der Waals surface area (Å²) in [6.07, 6.45) is 0.884. The molecule has 1 amide bonds. The van der Waals surface area contributed by atoms with Gasteiger partial charge < -0.3 is 10.0 Å². The lowest BCUT2D eigenvalue weighted by atomic mass is 9.83. The summed E-state index contributed by atoms with van der Waals surface area (Å²) >= 11 is 12.4. The van der Waals surface area contributed by atoms with Gasteiger partial charge in [-0.25, -0.2) is 0 Å². The van der Waals surface area contributed by atoms with Crippen LogP contribution in [0, 0.1) is 0 Å². The molecule has 170 valence electrons. The average Bonchev–Trinajstić information content (AvgIpc) is 2.72. The van der Waals surface area contributed by atoms with Crippen LogP contribution < -0.4 is 0 Å². The maximum atomic E-state index is 13.2. The molecule has 1 N–H and O–H groups in total. The van der Waals surface area contributed by atoms with Crippen LogP contribution in [0.5, 0.6) is 0 Å². The monoisotopic (exact) mass is 484 g/mol. The van der Waals surface area contributed by atoms with E-state index in [0.717, 1.165) is 17.7 Å². The molecule has 3 rings (SSSR count). The van der Waals surface area contributed by atoms with Gasteiger partial charge in [0.2, 0.25) is 5.91 Å². The number of piperazine rings is 1. The number of benzene rings is 2. The fourth-order valence-corrected chi connectivity index (χ4v) is 4.56. The zero-order valence-corrected chi connectivity index (χ0v) is 20.6. The molecule has 7 heteroatoms. The Hall–Kier alpha value is -1.30. The second kappa shape index (κ2) is 11.0. The van der Waals surface area contributed by atoms with Crippen LogP contribution >= 0.6 is 35.6 Å². The minimum atomic E-state index is -0.503. The van der Waals surface area contributed by atoms with Crippen LogP contribution in [0.15, 0.2) is 42.5 Å². The van der Waals surface area contributed by atoms with E-state index in [1.54, 1.807) is 6.07 Å². The van der Waals surface area contributed by atoms with Crippen molar-refractivity contribution < 1.29 is 9.90 Å². The number of carbonyl (C=O) groups is 1. The first kappa shape index (κ1) is 26.0. The van der Waals surface area contributed by atoms with Gasteiger partial charge in [0.15, 0.2) is 0 Å². The Morgan fingerprint density at radius 3 is 2.52 bits per heavy atom. The fraction of sp³-hybridized carbons (Fsp3) is 0.458. The molecular weight excluding hydrogens is 455 g/mol. The Morgan fingerprint density at radius 2 is 1.87 bits per heavy atom. The molecule has 2 aromatic carbocycles. The van der Waals surface area contributed by atoms with E-state index in [4.69, 9.17) is 23.2 Å². The van der Waals surface area contributed by atoms with E-state index < -0.39 is 5.54 Å².